The molecule has 148 valence electrons. The highest BCUT2D eigenvalue weighted by atomic mass is 32.2. The molecule has 0 spiro atoms. The summed E-state index contributed by atoms with van der Waals surface area (Å²) in [5.74, 6) is -0.144. The molecule has 0 saturated heterocycles. The van der Waals surface area contributed by atoms with Crippen LogP contribution in [-0.4, -0.2) is 30.5 Å². The molecule has 8 heteroatoms. The molecule has 1 N–H and O–H groups in total. The normalized spacial score (nSPS) is 12.3. The fourth-order valence-electron chi connectivity index (χ4n) is 3.05. The maximum absolute atomic E-state index is 12.9. The highest BCUT2D eigenvalue weighted by Gasteiger charge is 2.21. The van der Waals surface area contributed by atoms with E-state index in [1.807, 2.05) is 52.9 Å². The first kappa shape index (κ1) is 20.1. The van der Waals surface area contributed by atoms with Gasteiger partial charge in [0, 0.05) is 13.6 Å². The standard InChI is InChI=1S/C20H25N5O2S/c1-6-11-25-19(27)15-9-7-8-10-16(15)21-20(25)28-14(4)18(26)22-17-12(2)23-24(5)13(17)3/h7-10,14H,6,11H2,1-5H3,(H,22,26)/t14-/m1/s1. The van der Waals surface area contributed by atoms with Crippen molar-refractivity contribution in [2.75, 3.05) is 5.32 Å². The van der Waals surface area contributed by atoms with E-state index in [1.54, 1.807) is 15.3 Å². The summed E-state index contributed by atoms with van der Waals surface area (Å²) in [5.41, 5.74) is 2.99. The first-order valence-corrected chi connectivity index (χ1v) is 10.2. The van der Waals surface area contributed by atoms with Crippen LogP contribution in [0.2, 0.25) is 0 Å². The van der Waals surface area contributed by atoms with Gasteiger partial charge in [-0.3, -0.25) is 18.8 Å². The maximum atomic E-state index is 12.9. The van der Waals surface area contributed by atoms with Gasteiger partial charge in [-0.1, -0.05) is 30.8 Å². The molecule has 1 atom stereocenters. The van der Waals surface area contributed by atoms with Crippen LogP contribution in [0.1, 0.15) is 31.7 Å². The number of anilines is 1. The minimum absolute atomic E-state index is 0.0680. The number of nitrogens with zero attached hydrogens (tertiary/aromatic N) is 4. The molecule has 0 aliphatic rings. The van der Waals surface area contributed by atoms with Crippen LogP contribution >= 0.6 is 11.8 Å². The Morgan fingerprint density at radius 1 is 1.29 bits per heavy atom. The van der Waals surface area contributed by atoms with Crippen LogP contribution in [0.4, 0.5) is 5.69 Å². The van der Waals surface area contributed by atoms with Crippen LogP contribution in [-0.2, 0) is 18.4 Å². The first-order valence-electron chi connectivity index (χ1n) is 9.30. The van der Waals surface area contributed by atoms with Gasteiger partial charge in [0.25, 0.3) is 5.56 Å². The predicted octanol–water partition coefficient (Wildman–Crippen LogP) is 3.28. The van der Waals surface area contributed by atoms with Crippen molar-refractivity contribution in [1.29, 1.82) is 0 Å². The van der Waals surface area contributed by atoms with E-state index in [9.17, 15) is 9.59 Å². The number of amides is 1. The number of rotatable bonds is 6. The SMILES string of the molecule is CCCn1c(S[C@H](C)C(=O)Nc2c(C)nn(C)c2C)nc2ccccc2c1=O. The number of aryl methyl sites for hydroxylation is 2. The molecule has 2 aromatic heterocycles. The molecule has 0 aliphatic carbocycles. The van der Waals surface area contributed by atoms with Crippen molar-refractivity contribution < 1.29 is 4.79 Å². The molecule has 7 nitrogen and oxygen atoms in total. The number of benzene rings is 1. The zero-order valence-corrected chi connectivity index (χ0v) is 17.6. The molecule has 0 bridgehead atoms. The molecule has 0 aliphatic heterocycles. The summed E-state index contributed by atoms with van der Waals surface area (Å²) >= 11 is 1.30. The van der Waals surface area contributed by atoms with Gasteiger partial charge in [0.15, 0.2) is 5.16 Å². The summed E-state index contributed by atoms with van der Waals surface area (Å²) in [6.07, 6.45) is 0.808. The fourth-order valence-corrected chi connectivity index (χ4v) is 3.98. The van der Waals surface area contributed by atoms with Crippen LogP contribution < -0.4 is 10.9 Å². The minimum atomic E-state index is -0.421. The van der Waals surface area contributed by atoms with Gasteiger partial charge >= 0.3 is 0 Å². The quantitative estimate of drug-likeness (QED) is 0.508. The molecule has 0 unspecified atom stereocenters. The number of nitrogens with one attached hydrogen (secondary N) is 1. The van der Waals surface area contributed by atoms with Crippen LogP contribution in [0, 0.1) is 13.8 Å². The smallest absolute Gasteiger partial charge is 0.262 e. The molecular formula is C20H25N5O2S. The predicted molar refractivity (Wildman–Crippen MR) is 113 cm³/mol. The number of para-hydroxylation sites is 1. The Balaban J connectivity index is 1.89. The third-order valence-electron chi connectivity index (χ3n) is 4.68. The molecule has 1 amide bonds. The van der Waals surface area contributed by atoms with E-state index in [-0.39, 0.29) is 11.5 Å². The Hall–Kier alpha value is -2.61. The monoisotopic (exact) mass is 399 g/mol. The summed E-state index contributed by atoms with van der Waals surface area (Å²) in [7, 11) is 1.85. The van der Waals surface area contributed by atoms with Gasteiger partial charge in [0.2, 0.25) is 5.91 Å². The molecule has 28 heavy (non-hydrogen) atoms. The third-order valence-corrected chi connectivity index (χ3v) is 5.77. The average Bonchev–Trinajstić information content (AvgIpc) is 2.91. The summed E-state index contributed by atoms with van der Waals surface area (Å²) in [6, 6.07) is 7.31. The number of fused-ring (bicyclic) bond motifs is 1. The highest BCUT2D eigenvalue weighted by molar-refractivity contribution is 8.00. The Morgan fingerprint density at radius 3 is 2.64 bits per heavy atom. The number of thioether (sulfide) groups is 1. The zero-order chi connectivity index (χ0) is 20.4. The largest absolute Gasteiger partial charge is 0.322 e. The Bertz CT molecular complexity index is 1090. The second-order valence-corrected chi connectivity index (χ2v) is 8.10. The first-order chi connectivity index (χ1) is 13.3. The van der Waals surface area contributed by atoms with Gasteiger partial charge < -0.3 is 5.32 Å². The number of aromatic nitrogens is 4. The number of hydrogen-bond donors (Lipinski definition) is 1. The lowest BCUT2D eigenvalue weighted by Crippen LogP contribution is -2.27. The zero-order valence-electron chi connectivity index (χ0n) is 16.8. The molecular weight excluding hydrogens is 374 g/mol. The van der Waals surface area contributed by atoms with Crippen LogP contribution in [0.15, 0.2) is 34.2 Å². The van der Waals surface area contributed by atoms with E-state index in [2.05, 4.69) is 15.4 Å². The van der Waals surface area contributed by atoms with Crippen molar-refractivity contribution in [3.63, 3.8) is 0 Å². The van der Waals surface area contributed by atoms with Crippen molar-refractivity contribution in [2.45, 2.75) is 51.1 Å². The van der Waals surface area contributed by atoms with Crippen molar-refractivity contribution in [3.8, 4) is 0 Å². The second-order valence-electron chi connectivity index (χ2n) is 6.79. The maximum Gasteiger partial charge on any atom is 0.262 e. The van der Waals surface area contributed by atoms with E-state index in [1.165, 1.54) is 11.8 Å². The molecule has 0 saturated carbocycles. The fraction of sp³-hybridized carbons (Fsp3) is 0.400. The van der Waals surface area contributed by atoms with Crippen LogP contribution in [0.3, 0.4) is 0 Å². The summed E-state index contributed by atoms with van der Waals surface area (Å²) in [5, 5.41) is 8.03. The van der Waals surface area contributed by atoms with Crippen LogP contribution in [0.5, 0.6) is 0 Å². The Morgan fingerprint density at radius 2 is 2.00 bits per heavy atom. The van der Waals surface area contributed by atoms with Crippen molar-refractivity contribution in [3.05, 3.63) is 46.0 Å². The lowest BCUT2D eigenvalue weighted by molar-refractivity contribution is -0.115. The Labute approximate surface area is 168 Å². The van der Waals surface area contributed by atoms with Gasteiger partial charge in [-0.2, -0.15) is 5.10 Å². The molecule has 3 aromatic rings. The number of hydrogen-bond acceptors (Lipinski definition) is 5. The van der Waals surface area contributed by atoms with Gasteiger partial charge in [0.1, 0.15) is 0 Å². The molecule has 2 heterocycles. The third kappa shape index (κ3) is 3.82. The minimum Gasteiger partial charge on any atom is -0.322 e. The Kier molecular flexibility index (Phi) is 5.88. The van der Waals surface area contributed by atoms with Gasteiger partial charge in [-0.15, -0.1) is 0 Å². The summed E-state index contributed by atoms with van der Waals surface area (Å²) < 4.78 is 3.41. The van der Waals surface area contributed by atoms with Gasteiger partial charge in [-0.25, -0.2) is 4.98 Å². The average molecular weight is 400 g/mol. The van der Waals surface area contributed by atoms with Crippen molar-refractivity contribution in [1.82, 2.24) is 19.3 Å². The van der Waals surface area contributed by atoms with E-state index >= 15 is 0 Å². The number of carbonyl (C=O) groups is 1. The summed E-state index contributed by atoms with van der Waals surface area (Å²) in [6.45, 7) is 8.18. The molecule has 0 fully saturated rings. The van der Waals surface area contributed by atoms with Gasteiger partial charge in [-0.05, 0) is 39.3 Å². The van der Waals surface area contributed by atoms with E-state index in [0.29, 0.717) is 22.6 Å². The van der Waals surface area contributed by atoms with Crippen molar-refractivity contribution >= 4 is 34.3 Å². The summed E-state index contributed by atoms with van der Waals surface area (Å²) in [4.78, 5) is 30.3. The van der Waals surface area contributed by atoms with Crippen LogP contribution in [0.25, 0.3) is 10.9 Å². The topological polar surface area (TPSA) is 81.8 Å². The lowest BCUT2D eigenvalue weighted by atomic mass is 10.2. The second kappa shape index (κ2) is 8.18. The highest BCUT2D eigenvalue weighted by Crippen LogP contribution is 2.25. The van der Waals surface area contributed by atoms with E-state index in [4.69, 9.17) is 0 Å². The van der Waals surface area contributed by atoms with Crippen molar-refractivity contribution in [2.24, 2.45) is 7.05 Å². The van der Waals surface area contributed by atoms with E-state index in [0.717, 1.165) is 23.5 Å². The molecule has 0 radical (unpaired) electrons. The molecule has 1 aromatic carbocycles. The number of carbonyl (C=O) groups excluding carboxylic acids is 1. The van der Waals surface area contributed by atoms with Gasteiger partial charge in [0.05, 0.1) is 33.2 Å². The van der Waals surface area contributed by atoms with E-state index < -0.39 is 5.25 Å². The molecule has 3 rings (SSSR count). The lowest BCUT2D eigenvalue weighted by Gasteiger charge is -2.16.